The summed E-state index contributed by atoms with van der Waals surface area (Å²) in [6.45, 7) is 1.74. The van der Waals surface area contributed by atoms with Crippen LogP contribution in [0.3, 0.4) is 0 Å². The summed E-state index contributed by atoms with van der Waals surface area (Å²) in [6, 6.07) is 3.19. The summed E-state index contributed by atoms with van der Waals surface area (Å²) in [5, 5.41) is 31.7. The first-order chi connectivity index (χ1) is 15.6. The number of phenolic OH excluding ortho intramolecular Hbond substituents is 1. The lowest BCUT2D eigenvalue weighted by Gasteiger charge is -2.61. The lowest BCUT2D eigenvalue weighted by atomic mass is 9.50. The van der Waals surface area contributed by atoms with Crippen LogP contribution in [0.4, 0.5) is 0 Å². The molecule has 2 unspecified atom stereocenters. The number of esters is 2. The molecule has 0 radical (unpaired) electrons. The number of nitrogens with zero attached hydrogens (tertiary/aromatic N) is 1. The number of likely N-dealkylation sites (tertiary alicyclic amines) is 1. The maximum atomic E-state index is 12.8. The summed E-state index contributed by atoms with van der Waals surface area (Å²) < 4.78 is 16.6. The fraction of sp³-hybridized carbons (Fsp3) is 0.522. The van der Waals surface area contributed by atoms with Crippen molar-refractivity contribution in [3.63, 3.8) is 0 Å². The number of carboxylic acid groups (broad SMARTS) is 1. The summed E-state index contributed by atoms with van der Waals surface area (Å²) in [5.74, 6) is -2.86. The normalized spacial score (nSPS) is 32.2. The van der Waals surface area contributed by atoms with Gasteiger partial charge in [0.1, 0.15) is 5.76 Å². The van der Waals surface area contributed by atoms with E-state index in [-0.39, 0.29) is 29.7 Å². The van der Waals surface area contributed by atoms with Gasteiger partial charge in [-0.1, -0.05) is 6.07 Å². The number of benzene rings is 1. The Labute approximate surface area is 189 Å². The number of carboxylic acids is 1. The minimum Gasteiger partial charge on any atom is -0.504 e. The molecule has 0 amide bonds. The third-order valence-corrected chi connectivity index (χ3v) is 7.50. The Hall–Kier alpha value is -3.11. The fourth-order valence-electron chi connectivity index (χ4n) is 6.15. The lowest BCUT2D eigenvalue weighted by molar-refractivity contribution is -0.177. The Morgan fingerprint density at radius 3 is 2.79 bits per heavy atom. The van der Waals surface area contributed by atoms with E-state index in [1.54, 1.807) is 12.1 Å². The fourth-order valence-corrected chi connectivity index (χ4v) is 6.15. The van der Waals surface area contributed by atoms with Gasteiger partial charge in [0.15, 0.2) is 17.6 Å². The molecule has 176 valence electrons. The maximum Gasteiger partial charge on any atom is 0.353 e. The molecule has 3 N–H and O–H groups in total. The second-order valence-corrected chi connectivity index (χ2v) is 9.22. The molecule has 2 aliphatic carbocycles. The van der Waals surface area contributed by atoms with Gasteiger partial charge in [0.2, 0.25) is 6.10 Å². The van der Waals surface area contributed by atoms with Gasteiger partial charge in [-0.05, 0) is 44.1 Å². The van der Waals surface area contributed by atoms with E-state index >= 15 is 0 Å². The molecule has 10 nitrogen and oxygen atoms in total. The van der Waals surface area contributed by atoms with Crippen LogP contribution >= 0.6 is 0 Å². The molecule has 5 atom stereocenters. The van der Waals surface area contributed by atoms with E-state index in [0.717, 1.165) is 18.1 Å². The van der Waals surface area contributed by atoms with E-state index in [2.05, 4.69) is 4.90 Å². The van der Waals surface area contributed by atoms with Gasteiger partial charge in [-0.15, -0.1) is 0 Å². The molecule has 0 aromatic heterocycles. The minimum absolute atomic E-state index is 0.0633. The van der Waals surface area contributed by atoms with E-state index in [9.17, 15) is 24.6 Å². The highest BCUT2D eigenvalue weighted by molar-refractivity contribution is 5.84. The SMILES string of the molecule is CC(=O)O[C@@H](CC(=O)O)C(=O)OC1=CC[C@@]2(O)[C@H]3Cc4ccc(O)c5c4C2(CCN3C)C1O5. The molecule has 1 spiro atoms. The molecule has 2 aliphatic heterocycles. The molecular weight excluding hydrogens is 434 g/mol. The van der Waals surface area contributed by atoms with Crippen molar-refractivity contribution in [1.82, 2.24) is 4.90 Å². The number of hydrogen-bond donors (Lipinski definition) is 3. The zero-order valence-electron chi connectivity index (χ0n) is 18.2. The number of hydrogen-bond acceptors (Lipinski definition) is 9. The number of phenols is 1. The maximum absolute atomic E-state index is 12.8. The van der Waals surface area contributed by atoms with Crippen molar-refractivity contribution in [1.29, 1.82) is 0 Å². The molecular formula is C23H25NO9. The molecule has 1 fully saturated rings. The van der Waals surface area contributed by atoms with Crippen molar-refractivity contribution in [3.05, 3.63) is 35.1 Å². The van der Waals surface area contributed by atoms with E-state index in [1.165, 1.54) is 0 Å². The first kappa shape index (κ1) is 21.7. The Balaban J connectivity index is 1.56. The number of aromatic hydroxyl groups is 1. The van der Waals surface area contributed by atoms with Gasteiger partial charge in [0.05, 0.1) is 17.4 Å². The van der Waals surface area contributed by atoms with Gasteiger partial charge >= 0.3 is 17.9 Å². The molecule has 2 bridgehead atoms. The molecule has 2 heterocycles. The molecule has 1 saturated heterocycles. The Bertz CT molecular complexity index is 1080. The van der Waals surface area contributed by atoms with Crippen LogP contribution in [0.1, 0.15) is 37.3 Å². The Morgan fingerprint density at radius 2 is 2.09 bits per heavy atom. The number of rotatable bonds is 5. The smallest absolute Gasteiger partial charge is 0.353 e. The average Bonchev–Trinajstić information content (AvgIpc) is 3.09. The van der Waals surface area contributed by atoms with Crippen molar-refractivity contribution in [2.75, 3.05) is 13.6 Å². The predicted octanol–water partition coefficient (Wildman–Crippen LogP) is 0.619. The number of piperidine rings is 1. The van der Waals surface area contributed by atoms with Gasteiger partial charge in [0.25, 0.3) is 0 Å². The Kier molecular flexibility index (Phi) is 4.74. The standard InChI is InChI=1S/C23H25NO9/c1-11(25)31-15(10-17(27)28)21(29)32-14-5-6-23(30)16-9-12-3-4-13(26)19-18(12)22(23,20(14)33-19)7-8-24(16)2/h3-5,15-16,20,26,30H,6-10H2,1-2H3,(H,27,28)/t15-,16+,20?,22?,23+/m0/s1. The Morgan fingerprint density at radius 1 is 1.33 bits per heavy atom. The van der Waals surface area contributed by atoms with Gasteiger partial charge in [-0.25, -0.2) is 4.79 Å². The van der Waals surface area contributed by atoms with Crippen molar-refractivity contribution in [3.8, 4) is 11.5 Å². The quantitative estimate of drug-likeness (QED) is 0.536. The van der Waals surface area contributed by atoms with Crippen LogP contribution in [0.5, 0.6) is 11.5 Å². The highest BCUT2D eigenvalue weighted by Gasteiger charge is 2.72. The second kappa shape index (κ2) is 7.19. The molecule has 33 heavy (non-hydrogen) atoms. The van der Waals surface area contributed by atoms with E-state index in [0.29, 0.717) is 19.4 Å². The third-order valence-electron chi connectivity index (χ3n) is 7.50. The van der Waals surface area contributed by atoms with Crippen LogP contribution in [0.15, 0.2) is 24.0 Å². The van der Waals surface area contributed by atoms with Crippen molar-refractivity contribution >= 4 is 17.9 Å². The molecule has 1 aromatic rings. The van der Waals surface area contributed by atoms with Crippen LogP contribution in [0.25, 0.3) is 0 Å². The topological polar surface area (TPSA) is 143 Å². The molecule has 5 rings (SSSR count). The highest BCUT2D eigenvalue weighted by Crippen LogP contribution is 2.65. The van der Waals surface area contributed by atoms with Gasteiger partial charge in [0, 0.05) is 24.9 Å². The molecule has 0 saturated carbocycles. The number of aliphatic carboxylic acids is 1. The second-order valence-electron chi connectivity index (χ2n) is 9.22. The van der Waals surface area contributed by atoms with E-state index < -0.39 is 47.6 Å². The van der Waals surface area contributed by atoms with Crippen molar-refractivity contribution in [2.24, 2.45) is 0 Å². The summed E-state index contributed by atoms with van der Waals surface area (Å²) in [6.07, 6.45) is -0.427. The number of ether oxygens (including phenoxy) is 3. The summed E-state index contributed by atoms with van der Waals surface area (Å²) in [4.78, 5) is 37.4. The zero-order valence-corrected chi connectivity index (χ0v) is 18.2. The third kappa shape index (κ3) is 2.90. The predicted molar refractivity (Wildman–Crippen MR) is 110 cm³/mol. The monoisotopic (exact) mass is 459 g/mol. The van der Waals surface area contributed by atoms with Gasteiger partial charge in [-0.3, -0.25) is 9.59 Å². The summed E-state index contributed by atoms with van der Waals surface area (Å²) in [7, 11) is 1.96. The van der Waals surface area contributed by atoms with Crippen molar-refractivity contribution in [2.45, 2.75) is 61.9 Å². The van der Waals surface area contributed by atoms with Crippen LogP contribution in [-0.4, -0.2) is 75.6 Å². The summed E-state index contributed by atoms with van der Waals surface area (Å²) >= 11 is 0. The number of aliphatic hydroxyl groups is 1. The van der Waals surface area contributed by atoms with Crippen molar-refractivity contribution < 1.29 is 43.9 Å². The first-order valence-corrected chi connectivity index (χ1v) is 10.8. The number of carbonyl (C=O) groups is 3. The average molecular weight is 459 g/mol. The van der Waals surface area contributed by atoms with Crippen LogP contribution in [0.2, 0.25) is 0 Å². The van der Waals surface area contributed by atoms with Gasteiger partial charge < -0.3 is 34.4 Å². The molecule has 4 aliphatic rings. The highest BCUT2D eigenvalue weighted by atomic mass is 16.6. The van der Waals surface area contributed by atoms with Crippen LogP contribution in [-0.2, 0) is 35.7 Å². The van der Waals surface area contributed by atoms with E-state index in [4.69, 9.17) is 19.3 Å². The number of carbonyl (C=O) groups excluding carboxylic acids is 2. The molecule has 1 aromatic carbocycles. The lowest BCUT2D eigenvalue weighted by Crippen LogP contribution is -2.74. The van der Waals surface area contributed by atoms with E-state index in [1.807, 2.05) is 13.1 Å². The zero-order chi connectivity index (χ0) is 23.7. The van der Waals surface area contributed by atoms with Gasteiger partial charge in [-0.2, -0.15) is 0 Å². The number of likely N-dealkylation sites (N-methyl/N-ethyl adjacent to an activating group) is 1. The first-order valence-electron chi connectivity index (χ1n) is 10.8. The molecule has 10 heteroatoms. The minimum atomic E-state index is -1.62. The van der Waals surface area contributed by atoms with Crippen LogP contribution in [0, 0.1) is 0 Å². The van der Waals surface area contributed by atoms with Crippen LogP contribution < -0.4 is 4.74 Å². The largest absolute Gasteiger partial charge is 0.504 e. The summed E-state index contributed by atoms with van der Waals surface area (Å²) in [5.41, 5.74) is -0.464.